The first kappa shape index (κ1) is 25.2. The predicted molar refractivity (Wildman–Crippen MR) is 133 cm³/mol. The molecule has 1 saturated carbocycles. The van der Waals surface area contributed by atoms with E-state index in [2.05, 4.69) is 10.6 Å². The Morgan fingerprint density at radius 1 is 1.16 bits per heavy atom. The third kappa shape index (κ3) is 4.67. The monoisotopic (exact) mass is 511 g/mol. The zero-order chi connectivity index (χ0) is 26.3. The normalized spacial score (nSPS) is 20.5. The lowest BCUT2D eigenvalue weighted by molar-refractivity contribution is -0.142. The molecular formula is C28H31F2N3O4. The van der Waals surface area contributed by atoms with Gasteiger partial charge in [0.25, 0.3) is 0 Å². The molecule has 0 bridgehead atoms. The lowest BCUT2D eigenvalue weighted by Gasteiger charge is -2.28. The summed E-state index contributed by atoms with van der Waals surface area (Å²) < 4.78 is 35.6. The van der Waals surface area contributed by atoms with Crippen LogP contribution in [0.4, 0.5) is 13.6 Å². The molecule has 2 aromatic carbocycles. The van der Waals surface area contributed by atoms with Crippen molar-refractivity contribution >= 4 is 23.1 Å². The number of hydrogen-bond acceptors (Lipinski definition) is 4. The number of amides is 1. The minimum atomic E-state index is -0.871. The number of fused-ring (bicyclic) bond motifs is 3. The number of ether oxygens (including phenoxy) is 1. The van der Waals surface area contributed by atoms with Gasteiger partial charge in [0.15, 0.2) is 11.6 Å². The summed E-state index contributed by atoms with van der Waals surface area (Å²) in [7, 11) is 1.37. The van der Waals surface area contributed by atoms with Crippen LogP contribution in [0.3, 0.4) is 0 Å². The van der Waals surface area contributed by atoms with Crippen molar-refractivity contribution < 1.29 is 28.2 Å². The standard InChI is InChI=1S/C28H31F2N3O4/c1-16(14-20-4-3-5-22(29)24(20)30)33-23-11-10-17-12-13-32(28(36)37-2)15-21(17)25(23)31-26(33)18-6-8-19(9-7-18)27(34)35/h3-5,10-11,16,18-19H,6-9,12-15H2,1-2H3,(H,34,35)/t16-,18-,19-/m0/s1. The van der Waals surface area contributed by atoms with Crippen LogP contribution in [-0.4, -0.2) is 45.3 Å². The summed E-state index contributed by atoms with van der Waals surface area (Å²) in [6, 6.07) is 8.08. The SMILES string of the molecule is COC(=O)N1CCc2ccc3c(nc([C@H]4CC[C@H](C(=O)O)CC4)n3[C@@H](C)Cc3cccc(F)c3F)c2C1. The average Bonchev–Trinajstić information content (AvgIpc) is 3.31. The molecule has 0 spiro atoms. The zero-order valence-corrected chi connectivity index (χ0v) is 21.0. The number of carboxylic acid groups (broad SMARTS) is 1. The third-order valence-corrected chi connectivity index (χ3v) is 7.95. The van der Waals surface area contributed by atoms with E-state index in [0.29, 0.717) is 50.8 Å². The van der Waals surface area contributed by atoms with Crippen molar-refractivity contribution in [2.24, 2.45) is 5.92 Å². The topological polar surface area (TPSA) is 84.7 Å². The number of carbonyl (C=O) groups excluding carboxylic acids is 1. The van der Waals surface area contributed by atoms with E-state index < -0.39 is 17.6 Å². The van der Waals surface area contributed by atoms with Crippen LogP contribution in [0.5, 0.6) is 0 Å². The third-order valence-electron chi connectivity index (χ3n) is 7.95. The molecule has 1 atom stereocenters. The molecule has 1 aromatic heterocycles. The van der Waals surface area contributed by atoms with Gasteiger partial charge in [0.05, 0.1) is 30.6 Å². The van der Waals surface area contributed by atoms with Crippen molar-refractivity contribution in [1.82, 2.24) is 14.5 Å². The van der Waals surface area contributed by atoms with Gasteiger partial charge in [0.1, 0.15) is 5.82 Å². The number of aliphatic carboxylic acids is 1. The number of benzene rings is 2. The molecule has 7 nitrogen and oxygen atoms in total. The number of halogens is 2. The van der Waals surface area contributed by atoms with Crippen LogP contribution >= 0.6 is 0 Å². The average molecular weight is 512 g/mol. The van der Waals surface area contributed by atoms with Crippen LogP contribution < -0.4 is 0 Å². The van der Waals surface area contributed by atoms with Gasteiger partial charge in [-0.1, -0.05) is 18.2 Å². The first-order chi connectivity index (χ1) is 17.8. The molecule has 1 aliphatic heterocycles. The fourth-order valence-corrected chi connectivity index (χ4v) is 5.96. The van der Waals surface area contributed by atoms with E-state index in [4.69, 9.17) is 9.72 Å². The molecule has 1 N–H and O–H groups in total. The zero-order valence-electron chi connectivity index (χ0n) is 21.0. The van der Waals surface area contributed by atoms with Gasteiger partial charge in [-0.15, -0.1) is 0 Å². The lowest BCUT2D eigenvalue weighted by atomic mass is 9.81. The molecule has 1 amide bonds. The maximum atomic E-state index is 14.6. The van der Waals surface area contributed by atoms with Gasteiger partial charge < -0.3 is 19.3 Å². The Hall–Kier alpha value is -3.49. The van der Waals surface area contributed by atoms with Gasteiger partial charge in [0, 0.05) is 24.1 Å². The summed E-state index contributed by atoms with van der Waals surface area (Å²) in [4.78, 5) is 30.5. The van der Waals surface area contributed by atoms with Crippen molar-refractivity contribution in [1.29, 1.82) is 0 Å². The number of nitrogens with zero attached hydrogens (tertiary/aromatic N) is 3. The maximum Gasteiger partial charge on any atom is 0.409 e. The summed E-state index contributed by atoms with van der Waals surface area (Å²) in [6.07, 6.45) is 3.11. The van der Waals surface area contributed by atoms with E-state index >= 15 is 0 Å². The van der Waals surface area contributed by atoms with Gasteiger partial charge in [0.2, 0.25) is 0 Å². The second-order valence-electron chi connectivity index (χ2n) is 10.2. The highest BCUT2D eigenvalue weighted by molar-refractivity contribution is 5.82. The van der Waals surface area contributed by atoms with Gasteiger partial charge >= 0.3 is 12.1 Å². The smallest absolute Gasteiger partial charge is 0.409 e. The molecule has 0 saturated heterocycles. The van der Waals surface area contributed by atoms with Crippen LogP contribution in [0.2, 0.25) is 0 Å². The van der Waals surface area contributed by atoms with E-state index in [1.54, 1.807) is 11.0 Å². The quantitative estimate of drug-likeness (QED) is 0.482. The van der Waals surface area contributed by atoms with E-state index in [0.717, 1.165) is 34.1 Å². The number of aromatic nitrogens is 2. The van der Waals surface area contributed by atoms with Crippen LogP contribution in [0.25, 0.3) is 11.0 Å². The first-order valence-corrected chi connectivity index (χ1v) is 12.8. The summed E-state index contributed by atoms with van der Waals surface area (Å²) in [6.45, 7) is 2.92. The molecule has 1 fully saturated rings. The number of rotatable bonds is 5. The van der Waals surface area contributed by atoms with E-state index in [1.807, 2.05) is 13.0 Å². The number of hydrogen-bond donors (Lipinski definition) is 1. The first-order valence-electron chi connectivity index (χ1n) is 12.8. The van der Waals surface area contributed by atoms with Gasteiger partial charge in [-0.25, -0.2) is 18.6 Å². The van der Waals surface area contributed by atoms with Gasteiger partial charge in [-0.2, -0.15) is 0 Å². The molecule has 5 rings (SSSR count). The number of carbonyl (C=O) groups is 2. The predicted octanol–water partition coefficient (Wildman–Crippen LogP) is 5.60. The highest BCUT2D eigenvalue weighted by Gasteiger charge is 2.32. The Kier molecular flexibility index (Phi) is 6.88. The summed E-state index contributed by atoms with van der Waals surface area (Å²) in [5.41, 5.74) is 4.07. The Bertz CT molecular complexity index is 1350. The van der Waals surface area contributed by atoms with Gasteiger partial charge in [-0.3, -0.25) is 4.79 Å². The highest BCUT2D eigenvalue weighted by atomic mass is 19.2. The Balaban J connectivity index is 1.58. The Morgan fingerprint density at radius 2 is 1.92 bits per heavy atom. The molecule has 3 aromatic rings. The Morgan fingerprint density at radius 3 is 2.62 bits per heavy atom. The Labute approximate surface area is 214 Å². The number of methoxy groups -OCH3 is 1. The molecule has 196 valence electrons. The second-order valence-corrected chi connectivity index (χ2v) is 10.2. The van der Waals surface area contributed by atoms with E-state index in [9.17, 15) is 23.5 Å². The molecule has 2 aliphatic rings. The van der Waals surface area contributed by atoms with Crippen molar-refractivity contribution in [3.05, 3.63) is 64.5 Å². The van der Waals surface area contributed by atoms with Crippen molar-refractivity contribution in [3.63, 3.8) is 0 Å². The lowest BCUT2D eigenvalue weighted by Crippen LogP contribution is -2.35. The largest absolute Gasteiger partial charge is 0.481 e. The summed E-state index contributed by atoms with van der Waals surface area (Å²) in [5, 5.41) is 9.46. The van der Waals surface area contributed by atoms with Crippen LogP contribution in [0, 0.1) is 17.6 Å². The second kappa shape index (κ2) is 10.1. The highest BCUT2D eigenvalue weighted by Crippen LogP contribution is 2.40. The molecule has 2 heterocycles. The van der Waals surface area contributed by atoms with Crippen LogP contribution in [0.15, 0.2) is 30.3 Å². The van der Waals surface area contributed by atoms with Crippen molar-refractivity contribution in [2.75, 3.05) is 13.7 Å². The molecule has 37 heavy (non-hydrogen) atoms. The summed E-state index contributed by atoms with van der Waals surface area (Å²) >= 11 is 0. The van der Waals surface area contributed by atoms with Crippen molar-refractivity contribution in [2.45, 2.75) is 64.0 Å². The molecule has 0 radical (unpaired) electrons. The van der Waals surface area contributed by atoms with Crippen LogP contribution in [0.1, 0.15) is 67.1 Å². The van der Waals surface area contributed by atoms with Crippen molar-refractivity contribution in [3.8, 4) is 0 Å². The molecule has 9 heteroatoms. The van der Waals surface area contributed by atoms with E-state index in [1.165, 1.54) is 13.2 Å². The fraction of sp³-hybridized carbons (Fsp3) is 0.464. The van der Waals surface area contributed by atoms with Gasteiger partial charge in [-0.05, 0) is 68.7 Å². The minimum Gasteiger partial charge on any atom is -0.481 e. The molecular weight excluding hydrogens is 480 g/mol. The molecule has 1 aliphatic carbocycles. The minimum absolute atomic E-state index is 0.0544. The molecule has 0 unspecified atom stereocenters. The number of imidazole rings is 1. The maximum absolute atomic E-state index is 14.6. The summed E-state index contributed by atoms with van der Waals surface area (Å²) in [5.74, 6) is -1.93. The van der Waals surface area contributed by atoms with E-state index in [-0.39, 0.29) is 30.4 Å². The van der Waals surface area contributed by atoms with Crippen LogP contribution in [-0.2, 0) is 28.9 Å². The fourth-order valence-electron chi connectivity index (χ4n) is 5.96. The number of carboxylic acids is 1.